The number of rotatable bonds is 2. The lowest BCUT2D eigenvalue weighted by atomic mass is 9.97. The molecule has 0 aliphatic carbocycles. The van der Waals surface area contributed by atoms with Crippen LogP contribution in [0.15, 0.2) is 30.3 Å². The quantitative estimate of drug-likeness (QED) is 0.611. The van der Waals surface area contributed by atoms with Crippen molar-refractivity contribution in [1.82, 2.24) is 4.90 Å². The van der Waals surface area contributed by atoms with E-state index in [2.05, 4.69) is 6.07 Å². The summed E-state index contributed by atoms with van der Waals surface area (Å²) in [5.41, 5.74) is 0.980. The summed E-state index contributed by atoms with van der Waals surface area (Å²) in [7, 11) is 0. The molecule has 0 spiro atoms. The summed E-state index contributed by atoms with van der Waals surface area (Å²) in [6.45, 7) is 5.53. The highest BCUT2D eigenvalue weighted by Crippen LogP contribution is 2.27. The molecule has 0 aromatic heterocycles. The van der Waals surface area contributed by atoms with Crippen LogP contribution in [-0.4, -0.2) is 34.1 Å². The molecule has 0 saturated carbocycles. The smallest absolute Gasteiger partial charge is 0.411 e. The van der Waals surface area contributed by atoms with E-state index in [9.17, 15) is 20.2 Å². The van der Waals surface area contributed by atoms with Gasteiger partial charge >= 0.3 is 6.09 Å². The molecule has 0 saturated heterocycles. The van der Waals surface area contributed by atoms with Crippen LogP contribution in [0.2, 0.25) is 0 Å². The lowest BCUT2D eigenvalue weighted by Gasteiger charge is -2.33. The van der Waals surface area contributed by atoms with Gasteiger partial charge in [-0.15, -0.1) is 0 Å². The van der Waals surface area contributed by atoms with Gasteiger partial charge in [0, 0.05) is 18.6 Å². The molecule has 0 radical (unpaired) electrons. The van der Waals surface area contributed by atoms with Gasteiger partial charge in [-0.2, -0.15) is 5.26 Å². The molecule has 1 aliphatic rings. The van der Waals surface area contributed by atoms with E-state index in [0.717, 1.165) is 11.1 Å². The molecule has 7 heteroatoms. The van der Waals surface area contributed by atoms with Crippen LogP contribution in [0.5, 0.6) is 0 Å². The van der Waals surface area contributed by atoms with Gasteiger partial charge in [0.1, 0.15) is 11.6 Å². The predicted octanol–water partition coefficient (Wildman–Crippen LogP) is 3.51. The molecule has 7 nitrogen and oxygen atoms in total. The first kappa shape index (κ1) is 17.5. The average molecular weight is 329 g/mol. The molecule has 1 aromatic rings. The maximum atomic E-state index is 12.3. The Balaban J connectivity index is 2.22. The summed E-state index contributed by atoms with van der Waals surface area (Å²) in [4.78, 5) is 24.0. The molecule has 1 aliphatic heterocycles. The van der Waals surface area contributed by atoms with Crippen LogP contribution in [0.1, 0.15) is 32.8 Å². The Morgan fingerprint density at radius 2 is 2.00 bits per heavy atom. The number of nitro groups is 1. The second-order valence-electron chi connectivity index (χ2n) is 6.52. The Morgan fingerprint density at radius 3 is 2.50 bits per heavy atom. The van der Waals surface area contributed by atoms with E-state index >= 15 is 0 Å². The van der Waals surface area contributed by atoms with Gasteiger partial charge in [-0.05, 0) is 44.0 Å². The van der Waals surface area contributed by atoms with Gasteiger partial charge in [0.05, 0.1) is 17.5 Å². The second-order valence-corrected chi connectivity index (χ2v) is 6.52. The van der Waals surface area contributed by atoms with Crippen molar-refractivity contribution in [2.24, 2.45) is 0 Å². The molecule has 1 amide bonds. The number of ether oxygens (including phenoxy) is 1. The van der Waals surface area contributed by atoms with Crippen molar-refractivity contribution in [2.75, 3.05) is 6.54 Å². The molecule has 126 valence electrons. The summed E-state index contributed by atoms with van der Waals surface area (Å²) in [6, 6.07) is 7.65. The van der Waals surface area contributed by atoms with Gasteiger partial charge in [0.2, 0.25) is 0 Å². The number of nitro benzene ring substituents is 1. The number of carbonyl (C=O) groups excluding carboxylic acids is 1. The number of amides is 1. The molecular formula is C17H19N3O4. The van der Waals surface area contributed by atoms with Gasteiger partial charge in [0.15, 0.2) is 0 Å². The molecular weight excluding hydrogens is 310 g/mol. The molecule has 1 atom stereocenters. The Labute approximate surface area is 140 Å². The number of hydrogen-bond acceptors (Lipinski definition) is 5. The highest BCUT2D eigenvalue weighted by Gasteiger charge is 2.31. The highest BCUT2D eigenvalue weighted by atomic mass is 16.6. The molecule has 0 fully saturated rings. The Hall–Kier alpha value is -2.88. The van der Waals surface area contributed by atoms with E-state index in [0.29, 0.717) is 6.42 Å². The molecule has 24 heavy (non-hydrogen) atoms. The number of benzene rings is 1. The Kier molecular flexibility index (Phi) is 4.88. The molecule has 1 aromatic carbocycles. The SMILES string of the molecule is CC(C)(C)OC(=O)N1CC(c2ccc([N+](=O)[O-])cc2)=CCC1C#N. The number of nitriles is 1. The maximum Gasteiger partial charge on any atom is 0.411 e. The van der Waals surface area contributed by atoms with Crippen molar-refractivity contribution in [3.8, 4) is 6.07 Å². The minimum atomic E-state index is -0.647. The van der Waals surface area contributed by atoms with Gasteiger partial charge < -0.3 is 4.74 Å². The van der Waals surface area contributed by atoms with Crippen LogP contribution in [0.3, 0.4) is 0 Å². The average Bonchev–Trinajstić information content (AvgIpc) is 2.52. The van der Waals surface area contributed by atoms with Crippen molar-refractivity contribution in [3.05, 3.63) is 46.0 Å². The van der Waals surface area contributed by atoms with E-state index < -0.39 is 22.7 Å². The first-order chi connectivity index (χ1) is 11.2. The minimum absolute atomic E-state index is 0.00839. The molecule has 1 heterocycles. The highest BCUT2D eigenvalue weighted by molar-refractivity contribution is 5.76. The van der Waals surface area contributed by atoms with Gasteiger partial charge in [-0.3, -0.25) is 15.0 Å². The summed E-state index contributed by atoms with van der Waals surface area (Å²) in [6.07, 6.45) is 1.74. The molecule has 1 unspecified atom stereocenters. The normalized spacial score (nSPS) is 17.7. The van der Waals surface area contributed by atoms with Gasteiger partial charge in [-0.1, -0.05) is 6.08 Å². The summed E-state index contributed by atoms with van der Waals surface area (Å²) in [5.74, 6) is 0. The number of carbonyl (C=O) groups is 1. The topological polar surface area (TPSA) is 96.5 Å². The van der Waals surface area contributed by atoms with Crippen molar-refractivity contribution >= 4 is 17.4 Å². The van der Waals surface area contributed by atoms with Crippen LogP contribution < -0.4 is 0 Å². The second kappa shape index (κ2) is 6.71. The summed E-state index contributed by atoms with van der Waals surface area (Å²) >= 11 is 0. The zero-order valence-corrected chi connectivity index (χ0v) is 13.9. The lowest BCUT2D eigenvalue weighted by Crippen LogP contribution is -2.45. The molecule has 2 rings (SSSR count). The number of hydrogen-bond donors (Lipinski definition) is 0. The maximum absolute atomic E-state index is 12.3. The number of non-ortho nitro benzene ring substituents is 1. The molecule has 0 bridgehead atoms. The number of nitrogens with zero attached hydrogens (tertiary/aromatic N) is 3. The van der Waals surface area contributed by atoms with Crippen LogP contribution in [-0.2, 0) is 4.74 Å². The van der Waals surface area contributed by atoms with Crippen LogP contribution in [0, 0.1) is 21.4 Å². The largest absolute Gasteiger partial charge is 0.444 e. The summed E-state index contributed by atoms with van der Waals surface area (Å²) in [5, 5.41) is 20.0. The van der Waals surface area contributed by atoms with Gasteiger partial charge in [0.25, 0.3) is 5.69 Å². The van der Waals surface area contributed by atoms with E-state index in [4.69, 9.17) is 4.74 Å². The molecule has 0 N–H and O–H groups in total. The van der Waals surface area contributed by atoms with Gasteiger partial charge in [-0.25, -0.2) is 4.79 Å². The first-order valence-electron chi connectivity index (χ1n) is 7.54. The third-order valence-electron chi connectivity index (χ3n) is 3.53. The Morgan fingerprint density at radius 1 is 1.38 bits per heavy atom. The zero-order chi connectivity index (χ0) is 17.9. The Bertz CT molecular complexity index is 711. The van der Waals surface area contributed by atoms with Crippen LogP contribution >= 0.6 is 0 Å². The fourth-order valence-electron chi connectivity index (χ4n) is 2.38. The fourth-order valence-corrected chi connectivity index (χ4v) is 2.38. The van der Waals surface area contributed by atoms with E-state index in [-0.39, 0.29) is 12.2 Å². The van der Waals surface area contributed by atoms with Crippen molar-refractivity contribution in [3.63, 3.8) is 0 Å². The summed E-state index contributed by atoms with van der Waals surface area (Å²) < 4.78 is 5.36. The third-order valence-corrected chi connectivity index (χ3v) is 3.53. The van der Waals surface area contributed by atoms with E-state index in [1.165, 1.54) is 17.0 Å². The van der Waals surface area contributed by atoms with Crippen molar-refractivity contribution in [2.45, 2.75) is 38.8 Å². The standard InChI is InChI=1S/C17H19N3O4/c1-17(2,3)24-16(21)19-11-13(6-9-15(19)10-18)12-4-7-14(8-5-12)20(22)23/h4-8,15H,9,11H2,1-3H3. The predicted molar refractivity (Wildman–Crippen MR) is 88.0 cm³/mol. The lowest BCUT2D eigenvalue weighted by molar-refractivity contribution is -0.384. The monoisotopic (exact) mass is 329 g/mol. The van der Waals surface area contributed by atoms with E-state index in [1.807, 2.05) is 6.08 Å². The third kappa shape index (κ3) is 4.10. The first-order valence-corrected chi connectivity index (χ1v) is 7.54. The van der Waals surface area contributed by atoms with Crippen molar-refractivity contribution < 1.29 is 14.5 Å². The van der Waals surface area contributed by atoms with Crippen LogP contribution in [0.4, 0.5) is 10.5 Å². The van der Waals surface area contributed by atoms with E-state index in [1.54, 1.807) is 32.9 Å². The zero-order valence-electron chi connectivity index (χ0n) is 13.9. The fraction of sp³-hybridized carbons (Fsp3) is 0.412. The minimum Gasteiger partial charge on any atom is -0.444 e. The van der Waals surface area contributed by atoms with Crippen molar-refractivity contribution in [1.29, 1.82) is 5.26 Å². The van der Waals surface area contributed by atoms with Crippen LogP contribution in [0.25, 0.3) is 5.57 Å².